The second-order valence-corrected chi connectivity index (χ2v) is 6.35. The molecule has 3 aromatic rings. The van der Waals surface area contributed by atoms with E-state index >= 15 is 0 Å². The van der Waals surface area contributed by atoms with Crippen LogP contribution in [-0.4, -0.2) is 21.0 Å². The summed E-state index contributed by atoms with van der Waals surface area (Å²) in [4.78, 5) is 18.0. The lowest BCUT2D eigenvalue weighted by atomic mass is 10.1. The summed E-state index contributed by atoms with van der Waals surface area (Å²) in [5, 5.41) is 8.86. The molecule has 0 unspecified atom stereocenters. The van der Waals surface area contributed by atoms with E-state index in [9.17, 15) is 4.79 Å². The van der Waals surface area contributed by atoms with Crippen molar-refractivity contribution in [1.29, 1.82) is 0 Å². The molecule has 1 aromatic heterocycles. The van der Waals surface area contributed by atoms with Crippen LogP contribution in [0.2, 0.25) is 0 Å². The Morgan fingerprint density at radius 3 is 2.64 bits per heavy atom. The molecule has 0 aliphatic rings. The third kappa shape index (κ3) is 3.15. The molecular weight excluding hydrogens is 416 g/mol. The van der Waals surface area contributed by atoms with E-state index in [-0.39, 0.29) is 6.42 Å². The predicted molar refractivity (Wildman–Crippen MR) is 89.3 cm³/mol. The monoisotopic (exact) mass is 424 g/mol. The molecule has 0 aliphatic carbocycles. The highest BCUT2D eigenvalue weighted by molar-refractivity contribution is 9.11. The van der Waals surface area contributed by atoms with Crippen LogP contribution in [0.25, 0.3) is 11.0 Å². The van der Waals surface area contributed by atoms with Crippen molar-refractivity contribution in [1.82, 2.24) is 9.97 Å². The van der Waals surface area contributed by atoms with Crippen molar-refractivity contribution >= 4 is 48.9 Å². The van der Waals surface area contributed by atoms with Gasteiger partial charge in [-0.15, -0.1) is 0 Å². The standard InChI is InChI=1S/C15H10Br2N2O3/c16-10-3-8(5-14(20)21)4-11(17)15(10)22-9-1-2-12-13(6-9)19-7-18-12/h1-4,6-7H,5H2,(H,18,19)(H,20,21). The summed E-state index contributed by atoms with van der Waals surface area (Å²) in [6, 6.07) is 9.02. The smallest absolute Gasteiger partial charge is 0.307 e. The Hall–Kier alpha value is -1.86. The molecular formula is C15H10Br2N2O3. The summed E-state index contributed by atoms with van der Waals surface area (Å²) >= 11 is 6.84. The topological polar surface area (TPSA) is 75.2 Å². The number of halogens is 2. The number of H-pyrrole nitrogens is 1. The summed E-state index contributed by atoms with van der Waals surface area (Å²) in [6.45, 7) is 0. The van der Waals surface area contributed by atoms with E-state index in [0.29, 0.717) is 26.0 Å². The molecule has 5 nitrogen and oxygen atoms in total. The van der Waals surface area contributed by atoms with Crippen LogP contribution in [0.5, 0.6) is 11.5 Å². The SMILES string of the molecule is O=C(O)Cc1cc(Br)c(Oc2ccc3nc[nH]c3c2)c(Br)c1. The lowest BCUT2D eigenvalue weighted by molar-refractivity contribution is -0.136. The largest absolute Gasteiger partial charge is 0.481 e. The number of aliphatic carboxylic acids is 1. The van der Waals surface area contributed by atoms with Crippen LogP contribution in [0, 0.1) is 0 Å². The fraction of sp³-hybridized carbons (Fsp3) is 0.0667. The number of aromatic amines is 1. The average Bonchev–Trinajstić information content (AvgIpc) is 2.89. The first-order valence-corrected chi connectivity index (χ1v) is 7.92. The molecule has 0 fully saturated rings. The van der Waals surface area contributed by atoms with Crippen molar-refractivity contribution in [2.24, 2.45) is 0 Å². The Bertz CT molecular complexity index is 838. The lowest BCUT2D eigenvalue weighted by Gasteiger charge is -2.11. The second-order valence-electron chi connectivity index (χ2n) is 4.64. The number of hydrogen-bond acceptors (Lipinski definition) is 3. The molecule has 0 saturated carbocycles. The molecule has 1 heterocycles. The van der Waals surface area contributed by atoms with Crippen LogP contribution >= 0.6 is 31.9 Å². The van der Waals surface area contributed by atoms with Crippen molar-refractivity contribution < 1.29 is 14.6 Å². The van der Waals surface area contributed by atoms with Crippen molar-refractivity contribution in [2.75, 3.05) is 0 Å². The van der Waals surface area contributed by atoms with Gasteiger partial charge in [-0.2, -0.15) is 0 Å². The zero-order valence-corrected chi connectivity index (χ0v) is 14.3. The molecule has 0 saturated heterocycles. The van der Waals surface area contributed by atoms with E-state index in [0.717, 1.165) is 11.0 Å². The van der Waals surface area contributed by atoms with E-state index in [2.05, 4.69) is 41.8 Å². The zero-order valence-electron chi connectivity index (χ0n) is 11.1. The van der Waals surface area contributed by atoms with Gasteiger partial charge in [-0.3, -0.25) is 4.79 Å². The van der Waals surface area contributed by atoms with E-state index in [1.54, 1.807) is 18.5 Å². The first-order chi connectivity index (χ1) is 10.5. The van der Waals surface area contributed by atoms with Crippen LogP contribution in [0.4, 0.5) is 0 Å². The Morgan fingerprint density at radius 2 is 1.95 bits per heavy atom. The molecule has 2 N–H and O–H groups in total. The molecule has 3 rings (SSSR count). The van der Waals surface area contributed by atoms with Gasteiger partial charge in [0.1, 0.15) is 5.75 Å². The van der Waals surface area contributed by atoms with Gasteiger partial charge in [0.05, 0.1) is 32.7 Å². The Kier molecular flexibility index (Phi) is 4.17. The number of ether oxygens (including phenoxy) is 1. The van der Waals surface area contributed by atoms with Crippen molar-refractivity contribution in [3.05, 3.63) is 51.2 Å². The van der Waals surface area contributed by atoms with Crippen LogP contribution in [-0.2, 0) is 11.2 Å². The summed E-state index contributed by atoms with van der Waals surface area (Å²) in [7, 11) is 0. The third-order valence-electron chi connectivity index (χ3n) is 3.03. The van der Waals surface area contributed by atoms with Gasteiger partial charge in [0.15, 0.2) is 5.75 Å². The normalized spacial score (nSPS) is 10.8. The third-order valence-corrected chi connectivity index (χ3v) is 4.20. The number of hydrogen-bond donors (Lipinski definition) is 2. The fourth-order valence-corrected chi connectivity index (χ4v) is 3.53. The molecule has 0 amide bonds. The number of nitrogens with one attached hydrogen (secondary N) is 1. The molecule has 0 spiro atoms. The predicted octanol–water partition coefficient (Wildman–Crippen LogP) is 4.51. The summed E-state index contributed by atoms with van der Waals surface area (Å²) in [5.41, 5.74) is 2.43. The second kappa shape index (κ2) is 6.10. The highest BCUT2D eigenvalue weighted by Gasteiger charge is 2.12. The van der Waals surface area contributed by atoms with Gasteiger partial charge >= 0.3 is 5.97 Å². The van der Waals surface area contributed by atoms with E-state index in [1.165, 1.54) is 0 Å². The van der Waals surface area contributed by atoms with Crippen LogP contribution < -0.4 is 4.74 Å². The van der Waals surface area contributed by atoms with Crippen LogP contribution in [0.1, 0.15) is 5.56 Å². The molecule has 112 valence electrons. The fourth-order valence-electron chi connectivity index (χ4n) is 2.08. The zero-order chi connectivity index (χ0) is 15.7. The van der Waals surface area contributed by atoms with Gasteiger partial charge in [0.2, 0.25) is 0 Å². The number of carboxylic acids is 1. The first-order valence-electron chi connectivity index (χ1n) is 6.33. The number of nitrogens with zero attached hydrogens (tertiary/aromatic N) is 1. The molecule has 0 aliphatic heterocycles. The molecule has 22 heavy (non-hydrogen) atoms. The van der Waals surface area contributed by atoms with E-state index in [1.807, 2.05) is 18.2 Å². The minimum atomic E-state index is -0.878. The number of carboxylic acid groups (broad SMARTS) is 1. The maximum atomic E-state index is 10.8. The minimum Gasteiger partial charge on any atom is -0.481 e. The number of imidazole rings is 1. The molecule has 7 heteroatoms. The van der Waals surface area contributed by atoms with Crippen LogP contribution in [0.15, 0.2) is 45.6 Å². The average molecular weight is 426 g/mol. The lowest BCUT2D eigenvalue weighted by Crippen LogP contribution is -2.00. The van der Waals surface area contributed by atoms with Gasteiger partial charge in [0, 0.05) is 6.07 Å². The number of rotatable bonds is 4. The van der Waals surface area contributed by atoms with Gasteiger partial charge in [0.25, 0.3) is 0 Å². The summed E-state index contributed by atoms with van der Waals surface area (Å²) in [5.74, 6) is 0.370. The van der Waals surface area contributed by atoms with Gasteiger partial charge in [-0.05, 0) is 61.7 Å². The summed E-state index contributed by atoms with van der Waals surface area (Å²) < 4.78 is 7.25. The molecule has 0 radical (unpaired) electrons. The molecule has 0 bridgehead atoms. The van der Waals surface area contributed by atoms with Gasteiger partial charge < -0.3 is 14.8 Å². The molecule has 0 atom stereocenters. The Balaban J connectivity index is 1.92. The van der Waals surface area contributed by atoms with E-state index in [4.69, 9.17) is 9.84 Å². The summed E-state index contributed by atoms with van der Waals surface area (Å²) in [6.07, 6.45) is 1.58. The highest BCUT2D eigenvalue weighted by Crippen LogP contribution is 2.38. The van der Waals surface area contributed by atoms with Crippen molar-refractivity contribution in [3.8, 4) is 11.5 Å². The minimum absolute atomic E-state index is 0.0441. The maximum absolute atomic E-state index is 10.8. The number of benzene rings is 2. The Labute approximate surface area is 142 Å². The first kappa shape index (κ1) is 15.1. The van der Waals surface area contributed by atoms with E-state index < -0.39 is 5.97 Å². The van der Waals surface area contributed by atoms with Crippen molar-refractivity contribution in [3.63, 3.8) is 0 Å². The van der Waals surface area contributed by atoms with Crippen molar-refractivity contribution in [2.45, 2.75) is 6.42 Å². The highest BCUT2D eigenvalue weighted by atomic mass is 79.9. The number of fused-ring (bicyclic) bond motifs is 1. The maximum Gasteiger partial charge on any atom is 0.307 e. The van der Waals surface area contributed by atoms with Gasteiger partial charge in [-0.25, -0.2) is 4.98 Å². The Morgan fingerprint density at radius 1 is 1.23 bits per heavy atom. The number of carbonyl (C=O) groups is 1. The molecule has 2 aromatic carbocycles. The quantitative estimate of drug-likeness (QED) is 0.644. The van der Waals surface area contributed by atoms with Gasteiger partial charge in [-0.1, -0.05) is 0 Å². The van der Waals surface area contributed by atoms with Crippen LogP contribution in [0.3, 0.4) is 0 Å². The number of aromatic nitrogens is 2.